The molecule has 0 aliphatic heterocycles. The van der Waals surface area contributed by atoms with Crippen molar-refractivity contribution in [2.75, 3.05) is 0 Å². The largest absolute Gasteiger partial charge is 0.322 e. The third kappa shape index (κ3) is 2.56. The third-order valence-corrected chi connectivity index (χ3v) is 3.18. The molecule has 3 heteroatoms. The van der Waals surface area contributed by atoms with Gasteiger partial charge in [-0.15, -0.1) is 0 Å². The summed E-state index contributed by atoms with van der Waals surface area (Å²) in [5.74, 6) is 0. The maximum absolute atomic E-state index is 6.20. The van der Waals surface area contributed by atoms with Crippen LogP contribution >= 0.6 is 0 Å². The summed E-state index contributed by atoms with van der Waals surface area (Å²) in [5, 5.41) is 4.36. The highest BCUT2D eigenvalue weighted by atomic mass is 15.3. The SMILES string of the molecule is Cc1cccc(C)c1CC(N)c1ccn(C)n1. The fourth-order valence-electron chi connectivity index (χ4n) is 2.13. The van der Waals surface area contributed by atoms with E-state index in [1.165, 1.54) is 16.7 Å². The average molecular weight is 229 g/mol. The molecule has 2 N–H and O–H groups in total. The first-order chi connectivity index (χ1) is 8.08. The molecule has 0 fully saturated rings. The monoisotopic (exact) mass is 229 g/mol. The van der Waals surface area contributed by atoms with Crippen molar-refractivity contribution in [3.63, 3.8) is 0 Å². The molecular formula is C14H19N3. The van der Waals surface area contributed by atoms with Gasteiger partial charge < -0.3 is 5.73 Å². The number of nitrogens with two attached hydrogens (primary N) is 1. The highest BCUT2D eigenvalue weighted by Crippen LogP contribution is 2.20. The molecule has 1 unspecified atom stereocenters. The molecule has 3 nitrogen and oxygen atoms in total. The zero-order chi connectivity index (χ0) is 12.4. The molecule has 17 heavy (non-hydrogen) atoms. The van der Waals surface area contributed by atoms with E-state index in [2.05, 4.69) is 37.1 Å². The van der Waals surface area contributed by atoms with Crippen molar-refractivity contribution in [3.8, 4) is 0 Å². The maximum atomic E-state index is 6.20. The van der Waals surface area contributed by atoms with Gasteiger partial charge in [-0.05, 0) is 43.0 Å². The van der Waals surface area contributed by atoms with Crippen molar-refractivity contribution in [1.82, 2.24) is 9.78 Å². The highest BCUT2D eigenvalue weighted by Gasteiger charge is 2.12. The zero-order valence-corrected chi connectivity index (χ0v) is 10.6. The Hall–Kier alpha value is -1.61. The smallest absolute Gasteiger partial charge is 0.0795 e. The minimum Gasteiger partial charge on any atom is -0.322 e. The van der Waals surface area contributed by atoms with Gasteiger partial charge in [-0.25, -0.2) is 0 Å². The normalized spacial score (nSPS) is 12.7. The fourth-order valence-corrected chi connectivity index (χ4v) is 2.13. The molecule has 1 atom stereocenters. The van der Waals surface area contributed by atoms with Crippen LogP contribution in [0.2, 0.25) is 0 Å². The first kappa shape index (κ1) is 11.9. The minimum atomic E-state index is -0.0315. The van der Waals surface area contributed by atoms with Crippen LogP contribution in [0.4, 0.5) is 0 Å². The van der Waals surface area contributed by atoms with E-state index in [-0.39, 0.29) is 6.04 Å². The van der Waals surface area contributed by atoms with Crippen molar-refractivity contribution in [2.24, 2.45) is 12.8 Å². The molecule has 0 aliphatic carbocycles. The lowest BCUT2D eigenvalue weighted by Crippen LogP contribution is -2.15. The van der Waals surface area contributed by atoms with Crippen LogP contribution in [-0.2, 0) is 13.5 Å². The van der Waals surface area contributed by atoms with E-state index >= 15 is 0 Å². The Kier molecular flexibility index (Phi) is 3.29. The molecule has 1 aromatic heterocycles. The summed E-state index contributed by atoms with van der Waals surface area (Å²) in [6.07, 6.45) is 2.77. The van der Waals surface area contributed by atoms with Gasteiger partial charge in [0.25, 0.3) is 0 Å². The predicted molar refractivity (Wildman–Crippen MR) is 69.8 cm³/mol. The molecule has 0 aliphatic rings. The van der Waals surface area contributed by atoms with E-state index in [0.717, 1.165) is 12.1 Å². The molecule has 0 radical (unpaired) electrons. The van der Waals surface area contributed by atoms with Crippen LogP contribution in [0.5, 0.6) is 0 Å². The van der Waals surface area contributed by atoms with Crippen LogP contribution in [-0.4, -0.2) is 9.78 Å². The van der Waals surface area contributed by atoms with Gasteiger partial charge >= 0.3 is 0 Å². The van der Waals surface area contributed by atoms with Crippen LogP contribution in [0.1, 0.15) is 28.4 Å². The highest BCUT2D eigenvalue weighted by molar-refractivity contribution is 5.34. The Labute approximate surface area is 102 Å². The van der Waals surface area contributed by atoms with E-state index < -0.39 is 0 Å². The second-order valence-electron chi connectivity index (χ2n) is 4.60. The van der Waals surface area contributed by atoms with Crippen molar-refractivity contribution < 1.29 is 0 Å². The van der Waals surface area contributed by atoms with Gasteiger partial charge in [-0.1, -0.05) is 18.2 Å². The van der Waals surface area contributed by atoms with E-state index in [0.29, 0.717) is 0 Å². The lowest BCUT2D eigenvalue weighted by atomic mass is 9.95. The summed E-state index contributed by atoms with van der Waals surface area (Å²) in [7, 11) is 1.91. The summed E-state index contributed by atoms with van der Waals surface area (Å²) in [6.45, 7) is 4.26. The van der Waals surface area contributed by atoms with E-state index in [4.69, 9.17) is 5.73 Å². The van der Waals surface area contributed by atoms with Crippen LogP contribution in [0.25, 0.3) is 0 Å². The van der Waals surface area contributed by atoms with Crippen LogP contribution in [0, 0.1) is 13.8 Å². The first-order valence-electron chi connectivity index (χ1n) is 5.88. The molecule has 0 bridgehead atoms. The van der Waals surface area contributed by atoms with Gasteiger partial charge in [0.15, 0.2) is 0 Å². The van der Waals surface area contributed by atoms with Crippen LogP contribution in [0.15, 0.2) is 30.5 Å². The van der Waals surface area contributed by atoms with Crippen LogP contribution < -0.4 is 5.73 Å². The van der Waals surface area contributed by atoms with Crippen molar-refractivity contribution in [3.05, 3.63) is 52.8 Å². The fraction of sp³-hybridized carbons (Fsp3) is 0.357. The Morgan fingerprint density at radius 3 is 2.41 bits per heavy atom. The topological polar surface area (TPSA) is 43.8 Å². The average Bonchev–Trinajstić information content (AvgIpc) is 2.70. The number of rotatable bonds is 3. The first-order valence-corrected chi connectivity index (χ1v) is 5.88. The zero-order valence-electron chi connectivity index (χ0n) is 10.6. The lowest BCUT2D eigenvalue weighted by molar-refractivity contribution is 0.654. The van der Waals surface area contributed by atoms with Gasteiger partial charge in [0.1, 0.15) is 0 Å². The molecular weight excluding hydrogens is 210 g/mol. The molecule has 0 saturated carbocycles. The van der Waals surface area contributed by atoms with E-state index in [9.17, 15) is 0 Å². The Balaban J connectivity index is 2.21. The maximum Gasteiger partial charge on any atom is 0.0795 e. The number of benzene rings is 1. The molecule has 1 heterocycles. The van der Waals surface area contributed by atoms with Gasteiger partial charge in [0.05, 0.1) is 11.7 Å². The molecule has 0 amide bonds. The second-order valence-corrected chi connectivity index (χ2v) is 4.60. The summed E-state index contributed by atoms with van der Waals surface area (Å²) in [4.78, 5) is 0. The third-order valence-electron chi connectivity index (χ3n) is 3.18. The van der Waals surface area contributed by atoms with Crippen molar-refractivity contribution >= 4 is 0 Å². The predicted octanol–water partition coefficient (Wildman–Crippen LogP) is 2.28. The minimum absolute atomic E-state index is 0.0315. The second kappa shape index (κ2) is 4.72. The number of aryl methyl sites for hydroxylation is 3. The van der Waals surface area contributed by atoms with E-state index in [1.54, 1.807) is 4.68 Å². The number of hydrogen-bond donors (Lipinski definition) is 1. The Bertz CT molecular complexity index is 494. The Morgan fingerprint density at radius 1 is 1.24 bits per heavy atom. The molecule has 2 aromatic rings. The summed E-state index contributed by atoms with van der Waals surface area (Å²) >= 11 is 0. The molecule has 1 aromatic carbocycles. The standard InChI is InChI=1S/C14H19N3/c1-10-5-4-6-11(2)12(10)9-13(15)14-7-8-17(3)16-14/h4-8,13H,9,15H2,1-3H3. The van der Waals surface area contributed by atoms with Gasteiger partial charge in [-0.2, -0.15) is 5.10 Å². The molecule has 0 spiro atoms. The van der Waals surface area contributed by atoms with Gasteiger partial charge in [-0.3, -0.25) is 4.68 Å². The lowest BCUT2D eigenvalue weighted by Gasteiger charge is -2.13. The molecule has 0 saturated heterocycles. The van der Waals surface area contributed by atoms with E-state index in [1.807, 2.05) is 19.3 Å². The quantitative estimate of drug-likeness (QED) is 0.877. The number of nitrogens with zero attached hydrogens (tertiary/aromatic N) is 2. The number of aromatic nitrogens is 2. The summed E-state index contributed by atoms with van der Waals surface area (Å²) in [5.41, 5.74) is 11.1. The van der Waals surface area contributed by atoms with Crippen molar-refractivity contribution in [1.29, 1.82) is 0 Å². The summed E-state index contributed by atoms with van der Waals surface area (Å²) < 4.78 is 1.79. The summed E-state index contributed by atoms with van der Waals surface area (Å²) in [6, 6.07) is 8.30. The van der Waals surface area contributed by atoms with Crippen LogP contribution in [0.3, 0.4) is 0 Å². The van der Waals surface area contributed by atoms with Crippen molar-refractivity contribution in [2.45, 2.75) is 26.3 Å². The van der Waals surface area contributed by atoms with Gasteiger partial charge in [0.2, 0.25) is 0 Å². The molecule has 90 valence electrons. The number of hydrogen-bond acceptors (Lipinski definition) is 2. The molecule has 2 rings (SSSR count). The van der Waals surface area contributed by atoms with Gasteiger partial charge in [0, 0.05) is 13.2 Å². The Morgan fingerprint density at radius 2 is 1.88 bits per heavy atom.